The van der Waals surface area contributed by atoms with Crippen LogP contribution in [0.2, 0.25) is 0 Å². The molecule has 1 saturated heterocycles. The predicted molar refractivity (Wildman–Crippen MR) is 105 cm³/mol. The number of hydrogen-bond donors (Lipinski definition) is 1. The number of amides is 1. The molecule has 28 heavy (non-hydrogen) atoms. The first-order chi connectivity index (χ1) is 13.4. The fourth-order valence-electron chi connectivity index (χ4n) is 3.13. The minimum absolute atomic E-state index is 0.282. The Kier molecular flexibility index (Phi) is 6.97. The van der Waals surface area contributed by atoms with Gasteiger partial charge in [-0.25, -0.2) is 8.42 Å². The minimum Gasteiger partial charge on any atom is -0.486 e. The molecule has 0 unspecified atom stereocenters. The molecule has 1 N–H and O–H groups in total. The average molecular weight is 413 g/mol. The van der Waals surface area contributed by atoms with E-state index in [1.54, 1.807) is 18.2 Å². The summed E-state index contributed by atoms with van der Waals surface area (Å²) in [6.07, 6.45) is 1.88. The van der Waals surface area contributed by atoms with Gasteiger partial charge in [0.05, 0.1) is 25.2 Å². The molecule has 3 rings (SSSR count). The SMILES string of the molecule is CS(=O)(=O)N(CC(=O)NCCCN1CCOCC1)c1ccc2c(c1)OCCO2. The highest BCUT2D eigenvalue weighted by Gasteiger charge is 2.23. The molecular weight excluding hydrogens is 386 g/mol. The average Bonchev–Trinajstić information content (AvgIpc) is 2.69. The molecule has 1 fully saturated rings. The van der Waals surface area contributed by atoms with Gasteiger partial charge in [-0.15, -0.1) is 0 Å². The van der Waals surface area contributed by atoms with Gasteiger partial charge in [-0.05, 0) is 25.1 Å². The molecule has 2 aliphatic rings. The molecule has 0 saturated carbocycles. The summed E-state index contributed by atoms with van der Waals surface area (Å²) in [6.45, 7) is 5.23. The second kappa shape index (κ2) is 9.44. The molecule has 1 aromatic carbocycles. The van der Waals surface area contributed by atoms with Gasteiger partial charge in [0.25, 0.3) is 0 Å². The lowest BCUT2D eigenvalue weighted by Gasteiger charge is -2.26. The number of benzene rings is 1. The standard InChI is InChI=1S/C18H27N3O6S/c1-28(23,24)21(15-3-4-16-17(13-15)27-12-11-26-16)14-18(22)19-5-2-6-20-7-9-25-10-8-20/h3-4,13H,2,5-12,14H2,1H3,(H,19,22). The first-order valence-corrected chi connectivity index (χ1v) is 11.2. The van der Waals surface area contributed by atoms with Crippen molar-refractivity contribution in [2.75, 3.05) is 69.7 Å². The van der Waals surface area contributed by atoms with Crippen LogP contribution in [0.3, 0.4) is 0 Å². The maximum Gasteiger partial charge on any atom is 0.240 e. The third-order valence-electron chi connectivity index (χ3n) is 4.58. The van der Waals surface area contributed by atoms with Crippen molar-refractivity contribution in [3.05, 3.63) is 18.2 Å². The quantitative estimate of drug-likeness (QED) is 0.602. The zero-order chi connectivity index (χ0) is 20.0. The number of hydrogen-bond acceptors (Lipinski definition) is 7. The Balaban J connectivity index is 1.54. The lowest BCUT2D eigenvalue weighted by Crippen LogP contribution is -2.42. The van der Waals surface area contributed by atoms with Crippen LogP contribution < -0.4 is 19.1 Å². The molecule has 0 aliphatic carbocycles. The van der Waals surface area contributed by atoms with E-state index in [-0.39, 0.29) is 12.5 Å². The van der Waals surface area contributed by atoms with Crippen LogP contribution >= 0.6 is 0 Å². The Morgan fingerprint density at radius 3 is 2.57 bits per heavy atom. The Morgan fingerprint density at radius 1 is 1.14 bits per heavy atom. The summed E-state index contributed by atoms with van der Waals surface area (Å²) in [7, 11) is -3.63. The van der Waals surface area contributed by atoms with Crippen molar-refractivity contribution in [2.24, 2.45) is 0 Å². The van der Waals surface area contributed by atoms with Gasteiger partial charge in [0.15, 0.2) is 11.5 Å². The van der Waals surface area contributed by atoms with Crippen LogP contribution in [0.5, 0.6) is 11.5 Å². The van der Waals surface area contributed by atoms with E-state index in [0.29, 0.717) is 36.9 Å². The molecule has 9 nitrogen and oxygen atoms in total. The molecule has 0 aromatic heterocycles. The van der Waals surface area contributed by atoms with Crippen molar-refractivity contribution in [2.45, 2.75) is 6.42 Å². The Labute approximate surface area is 165 Å². The highest BCUT2D eigenvalue weighted by molar-refractivity contribution is 7.92. The second-order valence-electron chi connectivity index (χ2n) is 6.76. The Morgan fingerprint density at radius 2 is 1.86 bits per heavy atom. The van der Waals surface area contributed by atoms with Crippen molar-refractivity contribution in [1.29, 1.82) is 0 Å². The molecule has 10 heteroatoms. The largest absolute Gasteiger partial charge is 0.486 e. The number of sulfonamides is 1. The van der Waals surface area contributed by atoms with E-state index >= 15 is 0 Å². The lowest BCUT2D eigenvalue weighted by molar-refractivity contribution is -0.119. The van der Waals surface area contributed by atoms with E-state index in [0.717, 1.165) is 49.8 Å². The molecular formula is C18H27N3O6S. The summed E-state index contributed by atoms with van der Waals surface area (Å²) in [4.78, 5) is 14.6. The van der Waals surface area contributed by atoms with Gasteiger partial charge in [0.1, 0.15) is 19.8 Å². The number of nitrogens with one attached hydrogen (secondary N) is 1. The molecule has 0 atom stereocenters. The minimum atomic E-state index is -3.63. The van der Waals surface area contributed by atoms with Crippen LogP contribution in [0.15, 0.2) is 18.2 Å². The van der Waals surface area contributed by atoms with Gasteiger partial charge in [-0.2, -0.15) is 0 Å². The maximum absolute atomic E-state index is 12.3. The van der Waals surface area contributed by atoms with Crippen LogP contribution in [-0.2, 0) is 19.6 Å². The van der Waals surface area contributed by atoms with Crippen molar-refractivity contribution in [1.82, 2.24) is 10.2 Å². The fraction of sp³-hybridized carbons (Fsp3) is 0.611. The number of nitrogens with zero attached hydrogens (tertiary/aromatic N) is 2. The monoisotopic (exact) mass is 413 g/mol. The molecule has 156 valence electrons. The van der Waals surface area contributed by atoms with Gasteiger partial charge in [0, 0.05) is 25.7 Å². The van der Waals surface area contributed by atoms with Gasteiger partial charge < -0.3 is 19.5 Å². The Bertz CT molecular complexity index is 780. The summed E-state index contributed by atoms with van der Waals surface area (Å²) in [5.74, 6) is 0.696. The molecule has 1 aromatic rings. The number of morpholine rings is 1. The summed E-state index contributed by atoms with van der Waals surface area (Å²) >= 11 is 0. The van der Waals surface area contributed by atoms with Crippen molar-refractivity contribution in [3.8, 4) is 11.5 Å². The van der Waals surface area contributed by atoms with Crippen LogP contribution in [0.4, 0.5) is 5.69 Å². The number of fused-ring (bicyclic) bond motifs is 1. The summed E-state index contributed by atoms with van der Waals surface area (Å²) in [6, 6.07) is 4.85. The van der Waals surface area contributed by atoms with Gasteiger partial charge in [-0.1, -0.05) is 0 Å². The maximum atomic E-state index is 12.3. The normalized spacial score (nSPS) is 17.2. The van der Waals surface area contributed by atoms with Crippen LogP contribution in [0.1, 0.15) is 6.42 Å². The van der Waals surface area contributed by atoms with Gasteiger partial charge in [-0.3, -0.25) is 14.0 Å². The van der Waals surface area contributed by atoms with E-state index in [2.05, 4.69) is 10.2 Å². The number of rotatable bonds is 8. The third-order valence-corrected chi connectivity index (χ3v) is 5.72. The topological polar surface area (TPSA) is 97.4 Å². The number of anilines is 1. The molecule has 0 radical (unpaired) electrons. The zero-order valence-corrected chi connectivity index (χ0v) is 16.9. The molecule has 2 heterocycles. The summed E-state index contributed by atoms with van der Waals surface area (Å²) in [5.41, 5.74) is 0.371. The first-order valence-electron chi connectivity index (χ1n) is 9.37. The molecule has 0 bridgehead atoms. The summed E-state index contributed by atoms with van der Waals surface area (Å²) in [5, 5.41) is 2.80. The van der Waals surface area contributed by atoms with Crippen molar-refractivity contribution < 1.29 is 27.4 Å². The third kappa shape index (κ3) is 5.73. The summed E-state index contributed by atoms with van der Waals surface area (Å²) < 4.78 is 41.8. The lowest BCUT2D eigenvalue weighted by atomic mass is 10.2. The van der Waals surface area contributed by atoms with Gasteiger partial charge >= 0.3 is 0 Å². The van der Waals surface area contributed by atoms with Crippen molar-refractivity contribution >= 4 is 21.6 Å². The highest BCUT2D eigenvalue weighted by atomic mass is 32.2. The molecule has 2 aliphatic heterocycles. The van der Waals surface area contributed by atoms with E-state index < -0.39 is 10.0 Å². The highest BCUT2D eigenvalue weighted by Crippen LogP contribution is 2.34. The molecule has 1 amide bonds. The fourth-order valence-corrected chi connectivity index (χ4v) is 3.98. The van der Waals surface area contributed by atoms with Crippen molar-refractivity contribution in [3.63, 3.8) is 0 Å². The van der Waals surface area contributed by atoms with Crippen LogP contribution in [0, 0.1) is 0 Å². The van der Waals surface area contributed by atoms with E-state index in [1.165, 1.54) is 0 Å². The Hall–Kier alpha value is -2.04. The van der Waals surface area contributed by atoms with E-state index in [1.807, 2.05) is 0 Å². The smallest absolute Gasteiger partial charge is 0.240 e. The van der Waals surface area contributed by atoms with E-state index in [4.69, 9.17) is 14.2 Å². The van der Waals surface area contributed by atoms with Gasteiger partial charge in [0.2, 0.25) is 15.9 Å². The number of ether oxygens (including phenoxy) is 3. The van der Waals surface area contributed by atoms with Crippen LogP contribution in [-0.4, -0.2) is 84.6 Å². The second-order valence-corrected chi connectivity index (χ2v) is 8.66. The van der Waals surface area contributed by atoms with Crippen LogP contribution in [0.25, 0.3) is 0 Å². The number of carbonyl (C=O) groups is 1. The zero-order valence-electron chi connectivity index (χ0n) is 16.1. The molecule has 0 spiro atoms. The number of carbonyl (C=O) groups excluding carboxylic acids is 1. The predicted octanol–water partition coefficient (Wildman–Crippen LogP) is 0.0623. The van der Waals surface area contributed by atoms with E-state index in [9.17, 15) is 13.2 Å². The first kappa shape index (κ1) is 20.7.